The molecule has 1 amide bonds. The molecular weight excluding hydrogens is 310 g/mol. The zero-order chi connectivity index (χ0) is 16.8. The Morgan fingerprint density at radius 3 is 2.88 bits per heavy atom. The van der Waals surface area contributed by atoms with Crippen molar-refractivity contribution in [2.24, 2.45) is 0 Å². The number of aromatic nitrogens is 2. The van der Waals surface area contributed by atoms with E-state index in [0.717, 1.165) is 57.8 Å². The van der Waals surface area contributed by atoms with E-state index >= 15 is 0 Å². The summed E-state index contributed by atoms with van der Waals surface area (Å²) < 4.78 is 5.32. The van der Waals surface area contributed by atoms with E-state index in [9.17, 15) is 4.79 Å². The minimum absolute atomic E-state index is 0.0000407. The zero-order valence-electron chi connectivity index (χ0n) is 13.9. The maximum atomic E-state index is 12.2. The van der Waals surface area contributed by atoms with Crippen LogP contribution < -0.4 is 15.0 Å². The van der Waals surface area contributed by atoms with Gasteiger partial charge in [0.1, 0.15) is 6.61 Å². The lowest BCUT2D eigenvalue weighted by Crippen LogP contribution is -2.54. The van der Waals surface area contributed by atoms with Gasteiger partial charge in [0.2, 0.25) is 11.8 Å². The van der Waals surface area contributed by atoms with Crippen molar-refractivity contribution in [3.63, 3.8) is 0 Å². The Kier molecular flexibility index (Phi) is 5.81. The summed E-state index contributed by atoms with van der Waals surface area (Å²) in [7, 11) is 0. The lowest BCUT2D eigenvalue weighted by Gasteiger charge is -2.38. The SMILES string of the molecule is O=C1NCCCCC1N1CCN(c2cncc(OCCO)n2)CC1. The average Bonchev–Trinajstić information content (AvgIpc) is 2.85. The molecule has 1 unspecified atom stereocenters. The highest BCUT2D eigenvalue weighted by Gasteiger charge is 2.30. The van der Waals surface area contributed by atoms with E-state index in [-0.39, 0.29) is 25.2 Å². The van der Waals surface area contributed by atoms with E-state index in [1.165, 1.54) is 0 Å². The van der Waals surface area contributed by atoms with Crippen LogP contribution >= 0.6 is 0 Å². The van der Waals surface area contributed by atoms with Gasteiger partial charge in [0, 0.05) is 32.7 Å². The molecule has 1 aromatic heterocycles. The van der Waals surface area contributed by atoms with E-state index in [2.05, 4.69) is 25.1 Å². The second-order valence-electron chi connectivity index (χ2n) is 6.11. The smallest absolute Gasteiger partial charge is 0.237 e. The van der Waals surface area contributed by atoms with Gasteiger partial charge in [-0.25, -0.2) is 0 Å². The molecule has 3 heterocycles. The van der Waals surface area contributed by atoms with Crippen LogP contribution in [0.4, 0.5) is 5.82 Å². The number of carbonyl (C=O) groups is 1. The van der Waals surface area contributed by atoms with Crippen LogP contribution in [-0.2, 0) is 4.79 Å². The number of anilines is 1. The van der Waals surface area contributed by atoms with E-state index in [0.29, 0.717) is 5.88 Å². The first kappa shape index (κ1) is 16.9. The molecule has 2 aliphatic heterocycles. The van der Waals surface area contributed by atoms with Gasteiger partial charge in [-0.1, -0.05) is 0 Å². The fourth-order valence-corrected chi connectivity index (χ4v) is 3.24. The Hall–Kier alpha value is -1.93. The standard InChI is InChI=1S/C16H25N5O3/c22-9-10-24-15-12-17-11-14(19-15)21-7-5-20(6-8-21)13-3-1-2-4-18-16(13)23/h11-13,22H,1-10H2,(H,18,23). The van der Waals surface area contributed by atoms with Gasteiger partial charge in [0.05, 0.1) is 25.0 Å². The van der Waals surface area contributed by atoms with Crippen molar-refractivity contribution in [1.29, 1.82) is 0 Å². The van der Waals surface area contributed by atoms with Gasteiger partial charge in [0.25, 0.3) is 0 Å². The van der Waals surface area contributed by atoms with Crippen molar-refractivity contribution in [3.8, 4) is 5.88 Å². The van der Waals surface area contributed by atoms with Crippen molar-refractivity contribution in [2.45, 2.75) is 25.3 Å². The first-order valence-electron chi connectivity index (χ1n) is 8.60. The summed E-state index contributed by atoms with van der Waals surface area (Å²) >= 11 is 0. The van der Waals surface area contributed by atoms with Crippen LogP contribution in [0.5, 0.6) is 5.88 Å². The van der Waals surface area contributed by atoms with E-state index in [1.807, 2.05) is 0 Å². The maximum absolute atomic E-state index is 12.2. The highest BCUT2D eigenvalue weighted by molar-refractivity contribution is 5.82. The third kappa shape index (κ3) is 4.12. The average molecular weight is 335 g/mol. The van der Waals surface area contributed by atoms with Gasteiger partial charge in [-0.3, -0.25) is 14.7 Å². The quantitative estimate of drug-likeness (QED) is 0.759. The van der Waals surface area contributed by atoms with E-state index in [1.54, 1.807) is 12.4 Å². The second kappa shape index (κ2) is 8.25. The Morgan fingerprint density at radius 1 is 1.25 bits per heavy atom. The van der Waals surface area contributed by atoms with Crippen LogP contribution in [0.3, 0.4) is 0 Å². The van der Waals surface area contributed by atoms with Crippen molar-refractivity contribution in [2.75, 3.05) is 50.8 Å². The maximum Gasteiger partial charge on any atom is 0.237 e. The molecule has 0 radical (unpaired) electrons. The van der Waals surface area contributed by atoms with Gasteiger partial charge in [-0.05, 0) is 19.3 Å². The highest BCUT2D eigenvalue weighted by atomic mass is 16.5. The number of aliphatic hydroxyl groups is 1. The molecule has 132 valence electrons. The minimum Gasteiger partial charge on any atom is -0.474 e. The molecule has 0 spiro atoms. The largest absolute Gasteiger partial charge is 0.474 e. The third-order valence-corrected chi connectivity index (χ3v) is 4.53. The molecule has 2 aliphatic rings. The fourth-order valence-electron chi connectivity index (χ4n) is 3.24. The first-order valence-corrected chi connectivity index (χ1v) is 8.60. The molecule has 8 heteroatoms. The van der Waals surface area contributed by atoms with E-state index < -0.39 is 0 Å². The molecule has 2 N–H and O–H groups in total. The molecule has 1 aromatic rings. The molecule has 1 atom stereocenters. The summed E-state index contributed by atoms with van der Waals surface area (Å²) in [6.45, 7) is 4.25. The Labute approximate surface area is 141 Å². The van der Waals surface area contributed by atoms with Gasteiger partial charge < -0.3 is 20.1 Å². The number of hydrogen-bond acceptors (Lipinski definition) is 7. The number of aliphatic hydroxyl groups excluding tert-OH is 1. The van der Waals surface area contributed by atoms with Crippen LogP contribution in [0.1, 0.15) is 19.3 Å². The molecule has 2 fully saturated rings. The zero-order valence-corrected chi connectivity index (χ0v) is 13.9. The molecule has 0 saturated carbocycles. The molecule has 2 saturated heterocycles. The number of amides is 1. The van der Waals surface area contributed by atoms with Crippen molar-refractivity contribution in [1.82, 2.24) is 20.2 Å². The molecule has 8 nitrogen and oxygen atoms in total. The summed E-state index contributed by atoms with van der Waals surface area (Å²) in [5.41, 5.74) is 0. The number of piperazine rings is 1. The summed E-state index contributed by atoms with van der Waals surface area (Å²) in [4.78, 5) is 25.2. The number of nitrogens with one attached hydrogen (secondary N) is 1. The topological polar surface area (TPSA) is 90.8 Å². The fraction of sp³-hybridized carbons (Fsp3) is 0.688. The predicted octanol–water partition coefficient (Wildman–Crippen LogP) is -0.362. The third-order valence-electron chi connectivity index (χ3n) is 4.53. The second-order valence-corrected chi connectivity index (χ2v) is 6.11. The first-order chi connectivity index (χ1) is 11.8. The Morgan fingerprint density at radius 2 is 2.08 bits per heavy atom. The van der Waals surface area contributed by atoms with Crippen molar-refractivity contribution in [3.05, 3.63) is 12.4 Å². The van der Waals surface area contributed by atoms with Crippen LogP contribution in [0.2, 0.25) is 0 Å². The van der Waals surface area contributed by atoms with E-state index in [4.69, 9.17) is 9.84 Å². The van der Waals surface area contributed by atoms with Crippen molar-refractivity contribution < 1.29 is 14.6 Å². The molecule has 3 rings (SSSR count). The van der Waals surface area contributed by atoms with Gasteiger partial charge in [-0.2, -0.15) is 4.98 Å². The lowest BCUT2D eigenvalue weighted by atomic mass is 10.1. The summed E-state index contributed by atoms with van der Waals surface area (Å²) in [5.74, 6) is 1.36. The number of rotatable bonds is 5. The Bertz CT molecular complexity index is 548. The number of ether oxygens (including phenoxy) is 1. The summed E-state index contributed by atoms with van der Waals surface area (Å²) in [6, 6.07) is -0.0000407. The van der Waals surface area contributed by atoms with Crippen molar-refractivity contribution >= 4 is 11.7 Å². The number of nitrogens with zero attached hydrogens (tertiary/aromatic N) is 4. The van der Waals surface area contributed by atoms with Crippen LogP contribution in [0.25, 0.3) is 0 Å². The van der Waals surface area contributed by atoms with Gasteiger partial charge in [0.15, 0.2) is 5.82 Å². The Balaban J connectivity index is 1.57. The van der Waals surface area contributed by atoms with Crippen LogP contribution in [-0.4, -0.2) is 77.9 Å². The predicted molar refractivity (Wildman–Crippen MR) is 89.0 cm³/mol. The lowest BCUT2D eigenvalue weighted by molar-refractivity contribution is -0.126. The van der Waals surface area contributed by atoms with Crippen LogP contribution in [0.15, 0.2) is 12.4 Å². The number of carbonyl (C=O) groups excluding carboxylic acids is 1. The molecule has 24 heavy (non-hydrogen) atoms. The van der Waals surface area contributed by atoms with Gasteiger partial charge >= 0.3 is 0 Å². The molecule has 0 aromatic carbocycles. The number of hydrogen-bond donors (Lipinski definition) is 2. The molecule has 0 bridgehead atoms. The summed E-state index contributed by atoms with van der Waals surface area (Å²) in [5, 5.41) is 11.8. The molecular formula is C16H25N5O3. The molecule has 0 aliphatic carbocycles. The summed E-state index contributed by atoms with van der Waals surface area (Å²) in [6.07, 6.45) is 6.37. The highest BCUT2D eigenvalue weighted by Crippen LogP contribution is 2.19. The van der Waals surface area contributed by atoms with Crippen LogP contribution in [0, 0.1) is 0 Å². The minimum atomic E-state index is -0.0476. The normalized spacial score (nSPS) is 22.8. The van der Waals surface area contributed by atoms with Gasteiger partial charge in [-0.15, -0.1) is 0 Å². The monoisotopic (exact) mass is 335 g/mol.